The first-order chi connectivity index (χ1) is 15.0. The number of rotatable bonds is 3. The fourth-order valence-electron chi connectivity index (χ4n) is 5.23. The molecule has 31 heavy (non-hydrogen) atoms. The highest BCUT2D eigenvalue weighted by molar-refractivity contribution is 7.10. The number of hydrogen-bond donors (Lipinski definition) is 1. The third kappa shape index (κ3) is 3.37. The number of amides is 1. The number of aliphatic hydroxyl groups is 1. The van der Waals surface area contributed by atoms with Crippen LogP contribution in [0, 0.1) is 6.92 Å². The van der Waals surface area contributed by atoms with Crippen molar-refractivity contribution in [3.8, 4) is 5.75 Å². The van der Waals surface area contributed by atoms with Gasteiger partial charge in [0.05, 0.1) is 5.57 Å². The summed E-state index contributed by atoms with van der Waals surface area (Å²) in [5.74, 6) is -0.329. The van der Waals surface area contributed by atoms with Crippen LogP contribution in [0.5, 0.6) is 5.75 Å². The molecule has 1 amide bonds. The monoisotopic (exact) mass is 437 g/mol. The van der Waals surface area contributed by atoms with E-state index in [4.69, 9.17) is 4.74 Å². The predicted octanol–water partition coefficient (Wildman–Crippen LogP) is 5.13. The van der Waals surface area contributed by atoms with Gasteiger partial charge >= 0.3 is 0 Å². The molecule has 1 N–H and O–H groups in total. The molecule has 1 aliphatic carbocycles. The first-order valence-corrected chi connectivity index (χ1v) is 12.0. The third-order valence-electron chi connectivity index (χ3n) is 6.77. The van der Waals surface area contributed by atoms with Crippen LogP contribution in [0.25, 0.3) is 5.76 Å². The molecule has 1 saturated carbocycles. The van der Waals surface area contributed by atoms with Crippen molar-refractivity contribution in [2.24, 2.45) is 0 Å². The molecule has 2 fully saturated rings. The van der Waals surface area contributed by atoms with E-state index in [1.165, 1.54) is 6.42 Å². The Kier molecular flexibility index (Phi) is 5.13. The van der Waals surface area contributed by atoms with Gasteiger partial charge in [-0.15, -0.1) is 11.3 Å². The van der Waals surface area contributed by atoms with Gasteiger partial charge in [0.2, 0.25) is 0 Å². The van der Waals surface area contributed by atoms with Crippen molar-refractivity contribution in [3.63, 3.8) is 0 Å². The normalized spacial score (nSPS) is 25.7. The minimum atomic E-state index is -0.578. The van der Waals surface area contributed by atoms with Gasteiger partial charge in [-0.25, -0.2) is 0 Å². The van der Waals surface area contributed by atoms with Gasteiger partial charge < -0.3 is 14.7 Å². The highest BCUT2D eigenvalue weighted by Crippen LogP contribution is 2.46. The molecule has 0 bridgehead atoms. The lowest BCUT2D eigenvalue weighted by Gasteiger charge is -2.35. The van der Waals surface area contributed by atoms with E-state index < -0.39 is 17.7 Å². The molecule has 162 valence electrons. The second-order valence-corrected chi connectivity index (χ2v) is 9.87. The van der Waals surface area contributed by atoms with Gasteiger partial charge in [0.15, 0.2) is 0 Å². The molecule has 6 heteroatoms. The number of ether oxygens (including phenoxy) is 1. The molecule has 2 aliphatic heterocycles. The van der Waals surface area contributed by atoms with Gasteiger partial charge in [-0.2, -0.15) is 0 Å². The number of Topliss-reactive ketones (excluding diaryl/α,β-unsaturated/α-hetero) is 1. The molecule has 1 saturated heterocycles. The summed E-state index contributed by atoms with van der Waals surface area (Å²) >= 11 is 1.54. The highest BCUT2D eigenvalue weighted by Gasteiger charge is 2.49. The Balaban J connectivity index is 1.63. The van der Waals surface area contributed by atoms with Gasteiger partial charge in [0.1, 0.15) is 23.7 Å². The number of likely N-dealkylation sites (tertiary alicyclic amines) is 1. The number of carbonyl (C=O) groups is 2. The number of ketones is 1. The average molecular weight is 438 g/mol. The number of benzene rings is 1. The standard InChI is InChI=1S/C25H27NO4S/c1-14-10-11-31-24(14)21-20(23(28)25(29)26(21)18-6-4-3-5-7-18)22(27)16-8-9-19-17(13-16)12-15(2)30-19/h8-11,13,15,18,21,27H,3-7,12H2,1-2H3/b22-20-. The van der Waals surface area contributed by atoms with Crippen LogP contribution in [0.3, 0.4) is 0 Å². The zero-order chi connectivity index (χ0) is 21.7. The number of hydrogen-bond acceptors (Lipinski definition) is 5. The molecule has 0 spiro atoms. The number of aryl methyl sites for hydroxylation is 1. The van der Waals surface area contributed by atoms with E-state index in [1.54, 1.807) is 22.3 Å². The van der Waals surface area contributed by atoms with Crippen molar-refractivity contribution in [1.82, 2.24) is 4.90 Å². The van der Waals surface area contributed by atoms with E-state index in [-0.39, 0.29) is 23.5 Å². The lowest BCUT2D eigenvalue weighted by Crippen LogP contribution is -2.40. The Labute approximate surface area is 186 Å². The Morgan fingerprint density at radius 1 is 1.16 bits per heavy atom. The van der Waals surface area contributed by atoms with Crippen molar-refractivity contribution < 1.29 is 19.4 Å². The first kappa shape index (κ1) is 20.3. The summed E-state index contributed by atoms with van der Waals surface area (Å²) in [5, 5.41) is 13.3. The maximum Gasteiger partial charge on any atom is 0.295 e. The lowest BCUT2D eigenvalue weighted by atomic mass is 9.92. The molecule has 1 aromatic heterocycles. The number of thiophene rings is 1. The minimum absolute atomic E-state index is 0.0382. The fraction of sp³-hybridized carbons (Fsp3) is 0.440. The van der Waals surface area contributed by atoms with Crippen LogP contribution in [0.2, 0.25) is 0 Å². The number of aliphatic hydroxyl groups excluding tert-OH is 1. The van der Waals surface area contributed by atoms with E-state index in [2.05, 4.69) is 0 Å². The smallest absolute Gasteiger partial charge is 0.295 e. The predicted molar refractivity (Wildman–Crippen MR) is 120 cm³/mol. The zero-order valence-corrected chi connectivity index (χ0v) is 18.7. The highest BCUT2D eigenvalue weighted by atomic mass is 32.1. The molecule has 5 nitrogen and oxygen atoms in total. The van der Waals surface area contributed by atoms with E-state index in [9.17, 15) is 14.7 Å². The summed E-state index contributed by atoms with van der Waals surface area (Å²) < 4.78 is 5.77. The van der Waals surface area contributed by atoms with Crippen LogP contribution in [0.15, 0.2) is 35.2 Å². The molecule has 2 atom stereocenters. The summed E-state index contributed by atoms with van der Waals surface area (Å²) in [5.41, 5.74) is 2.84. The molecule has 3 aliphatic rings. The maximum absolute atomic E-state index is 13.2. The Hall–Kier alpha value is -2.60. The lowest BCUT2D eigenvalue weighted by molar-refractivity contribution is -0.141. The maximum atomic E-state index is 13.2. The first-order valence-electron chi connectivity index (χ1n) is 11.1. The number of nitrogens with zero attached hydrogens (tertiary/aromatic N) is 1. The van der Waals surface area contributed by atoms with E-state index in [1.807, 2.05) is 37.4 Å². The van der Waals surface area contributed by atoms with Crippen LogP contribution < -0.4 is 4.74 Å². The summed E-state index contributed by atoms with van der Waals surface area (Å²) in [6.07, 6.45) is 5.96. The van der Waals surface area contributed by atoms with Crippen molar-refractivity contribution in [3.05, 3.63) is 56.8 Å². The Morgan fingerprint density at radius 2 is 1.94 bits per heavy atom. The van der Waals surface area contributed by atoms with Crippen molar-refractivity contribution in [1.29, 1.82) is 0 Å². The van der Waals surface area contributed by atoms with Crippen LogP contribution >= 0.6 is 11.3 Å². The van der Waals surface area contributed by atoms with Crippen molar-refractivity contribution in [2.75, 3.05) is 0 Å². The number of fused-ring (bicyclic) bond motifs is 1. The third-order valence-corrected chi connectivity index (χ3v) is 7.84. The van der Waals surface area contributed by atoms with Crippen LogP contribution in [-0.4, -0.2) is 33.8 Å². The average Bonchev–Trinajstić information content (AvgIpc) is 3.43. The zero-order valence-electron chi connectivity index (χ0n) is 17.9. The molecular weight excluding hydrogens is 410 g/mol. The van der Waals surface area contributed by atoms with Gasteiger partial charge in [-0.1, -0.05) is 19.3 Å². The van der Waals surface area contributed by atoms with Crippen LogP contribution in [0.4, 0.5) is 0 Å². The quantitative estimate of drug-likeness (QED) is 0.410. The van der Waals surface area contributed by atoms with Gasteiger partial charge in [0.25, 0.3) is 11.7 Å². The summed E-state index contributed by atoms with van der Waals surface area (Å²) in [4.78, 5) is 29.2. The van der Waals surface area contributed by atoms with Crippen molar-refractivity contribution >= 4 is 28.8 Å². The second-order valence-electron chi connectivity index (χ2n) is 8.92. The minimum Gasteiger partial charge on any atom is -0.507 e. The van der Waals surface area contributed by atoms with Crippen LogP contribution in [-0.2, 0) is 16.0 Å². The molecule has 3 heterocycles. The Morgan fingerprint density at radius 3 is 2.65 bits per heavy atom. The van der Waals surface area contributed by atoms with Crippen LogP contribution in [0.1, 0.15) is 66.6 Å². The SMILES string of the molecule is Cc1ccsc1C1/C(=C(/O)c2ccc3c(c2)CC(C)O3)C(=O)C(=O)N1C1CCCCC1. The summed E-state index contributed by atoms with van der Waals surface area (Å²) in [6.45, 7) is 4.01. The fourth-order valence-corrected chi connectivity index (χ4v) is 6.27. The van der Waals surface area contributed by atoms with E-state index in [0.29, 0.717) is 5.56 Å². The van der Waals surface area contributed by atoms with Crippen molar-refractivity contribution in [2.45, 2.75) is 70.6 Å². The summed E-state index contributed by atoms with van der Waals surface area (Å²) in [6, 6.07) is 7.04. The van der Waals surface area contributed by atoms with Gasteiger partial charge in [0, 0.05) is 22.9 Å². The molecular formula is C25H27NO4S. The second kappa shape index (κ2) is 7.83. The Bertz CT molecular complexity index is 1080. The molecule has 1 aromatic carbocycles. The summed E-state index contributed by atoms with van der Waals surface area (Å²) in [7, 11) is 0. The molecule has 2 aromatic rings. The van der Waals surface area contributed by atoms with Gasteiger partial charge in [-0.05, 0) is 67.5 Å². The molecule has 2 unspecified atom stereocenters. The number of carbonyl (C=O) groups excluding carboxylic acids is 2. The topological polar surface area (TPSA) is 66.8 Å². The molecule has 5 rings (SSSR count). The van der Waals surface area contributed by atoms with Gasteiger partial charge in [-0.3, -0.25) is 9.59 Å². The van der Waals surface area contributed by atoms with E-state index >= 15 is 0 Å². The molecule has 0 radical (unpaired) electrons. The largest absolute Gasteiger partial charge is 0.507 e. The van der Waals surface area contributed by atoms with E-state index in [0.717, 1.165) is 53.9 Å².